The van der Waals surface area contributed by atoms with Crippen LogP contribution in [-0.2, 0) is 0 Å². The number of halogens is 2. The highest BCUT2D eigenvalue weighted by molar-refractivity contribution is 9.11. The van der Waals surface area contributed by atoms with Crippen LogP contribution in [0.4, 0.5) is 0 Å². The number of benzene rings is 1. The average molecular weight is 317 g/mol. The van der Waals surface area contributed by atoms with Crippen LogP contribution in [-0.4, -0.2) is 0 Å². The molecule has 2 rings (SSSR count). The molecule has 2 aromatic rings. The largest absolute Gasteiger partial charge is 0.192 e. The van der Waals surface area contributed by atoms with Crippen molar-refractivity contribution in [3.63, 3.8) is 0 Å². The van der Waals surface area contributed by atoms with Crippen molar-refractivity contribution in [3.05, 3.63) is 32.0 Å². The molecule has 0 saturated heterocycles. The molecule has 0 N–H and O–H groups in total. The molecule has 0 unspecified atom stereocenters. The monoisotopic (exact) mass is 315 g/mol. The summed E-state index contributed by atoms with van der Waals surface area (Å²) in [6, 6.07) is 6.10. The molecule has 0 amide bonds. The van der Waals surface area contributed by atoms with Gasteiger partial charge in [-0.05, 0) is 28.1 Å². The first kappa shape index (κ1) is 9.20. The van der Waals surface area contributed by atoms with Gasteiger partial charge in [-0.15, -0.1) is 11.3 Å². The van der Waals surface area contributed by atoms with E-state index < -0.39 is 0 Å². The van der Waals surface area contributed by atoms with Crippen LogP contribution >= 0.6 is 43.2 Å². The number of hydrogen-bond donors (Lipinski definition) is 0. The highest BCUT2D eigenvalue weighted by Gasteiger charge is 2.09. The van der Waals surface area contributed by atoms with Crippen LogP contribution in [0.1, 0.15) is 5.56 Å². The molecule has 0 radical (unpaired) electrons. The van der Waals surface area contributed by atoms with E-state index in [1.54, 1.807) is 11.3 Å². The van der Waals surface area contributed by atoms with Gasteiger partial charge in [0, 0.05) is 19.7 Å². The SMILES string of the molecule is N#Cc1csc2c(Br)ccc(Br)c12. The van der Waals surface area contributed by atoms with Crippen molar-refractivity contribution in [2.45, 2.75) is 0 Å². The van der Waals surface area contributed by atoms with Crippen molar-refractivity contribution >= 4 is 53.3 Å². The second-order valence-electron chi connectivity index (χ2n) is 2.49. The predicted octanol–water partition coefficient (Wildman–Crippen LogP) is 4.30. The first-order valence-corrected chi connectivity index (χ1v) is 5.96. The number of nitrogens with zero attached hydrogens (tertiary/aromatic N) is 1. The van der Waals surface area contributed by atoms with E-state index in [1.165, 1.54) is 0 Å². The molecule has 1 aromatic carbocycles. The lowest BCUT2D eigenvalue weighted by Crippen LogP contribution is -1.73. The topological polar surface area (TPSA) is 23.8 Å². The molecule has 0 aliphatic carbocycles. The zero-order chi connectivity index (χ0) is 9.42. The molecular weight excluding hydrogens is 314 g/mol. The summed E-state index contributed by atoms with van der Waals surface area (Å²) < 4.78 is 3.13. The van der Waals surface area contributed by atoms with Crippen molar-refractivity contribution in [1.82, 2.24) is 0 Å². The Morgan fingerprint density at radius 3 is 2.62 bits per heavy atom. The molecule has 0 aliphatic heterocycles. The van der Waals surface area contributed by atoms with E-state index in [0.717, 1.165) is 24.6 Å². The van der Waals surface area contributed by atoms with Gasteiger partial charge in [-0.25, -0.2) is 0 Å². The minimum atomic E-state index is 0.730. The fourth-order valence-corrected chi connectivity index (χ4v) is 3.37. The normalized spacial score (nSPS) is 10.2. The number of thiophene rings is 1. The van der Waals surface area contributed by atoms with E-state index in [-0.39, 0.29) is 0 Å². The van der Waals surface area contributed by atoms with E-state index >= 15 is 0 Å². The standard InChI is InChI=1S/C9H3Br2NS/c10-6-1-2-7(11)9-8(6)5(3-12)4-13-9/h1-2,4H. The van der Waals surface area contributed by atoms with Crippen LogP contribution in [0.15, 0.2) is 26.5 Å². The Kier molecular flexibility index (Phi) is 2.41. The summed E-state index contributed by atoms with van der Waals surface area (Å²) in [5.41, 5.74) is 0.730. The van der Waals surface area contributed by atoms with E-state index in [1.807, 2.05) is 17.5 Å². The second kappa shape index (κ2) is 3.41. The minimum Gasteiger partial charge on any atom is -0.192 e. The number of hydrogen-bond acceptors (Lipinski definition) is 2. The quantitative estimate of drug-likeness (QED) is 0.711. The van der Waals surface area contributed by atoms with Crippen LogP contribution in [0.3, 0.4) is 0 Å². The molecule has 0 atom stereocenters. The third-order valence-corrected chi connectivity index (χ3v) is 4.34. The maximum absolute atomic E-state index is 8.86. The molecule has 13 heavy (non-hydrogen) atoms. The molecule has 1 heterocycles. The first-order valence-electron chi connectivity index (χ1n) is 3.49. The van der Waals surface area contributed by atoms with Gasteiger partial charge in [0.15, 0.2) is 0 Å². The van der Waals surface area contributed by atoms with Gasteiger partial charge in [0.2, 0.25) is 0 Å². The average Bonchev–Trinajstić information content (AvgIpc) is 2.56. The van der Waals surface area contributed by atoms with Gasteiger partial charge in [-0.3, -0.25) is 0 Å². The van der Waals surface area contributed by atoms with Gasteiger partial charge in [-0.2, -0.15) is 5.26 Å². The summed E-state index contributed by atoms with van der Waals surface area (Å²) in [5.74, 6) is 0. The Morgan fingerprint density at radius 2 is 1.92 bits per heavy atom. The predicted molar refractivity (Wildman–Crippen MR) is 61.9 cm³/mol. The van der Waals surface area contributed by atoms with Gasteiger partial charge in [-0.1, -0.05) is 15.9 Å². The molecule has 64 valence electrons. The molecule has 0 saturated carbocycles. The second-order valence-corrected chi connectivity index (χ2v) is 5.08. The number of rotatable bonds is 0. The van der Waals surface area contributed by atoms with Gasteiger partial charge < -0.3 is 0 Å². The van der Waals surface area contributed by atoms with E-state index in [4.69, 9.17) is 5.26 Å². The number of fused-ring (bicyclic) bond motifs is 1. The summed E-state index contributed by atoms with van der Waals surface area (Å²) in [7, 11) is 0. The molecule has 1 nitrogen and oxygen atoms in total. The van der Waals surface area contributed by atoms with Gasteiger partial charge in [0.05, 0.1) is 10.3 Å². The van der Waals surface area contributed by atoms with Crippen LogP contribution < -0.4 is 0 Å². The van der Waals surface area contributed by atoms with Crippen molar-refractivity contribution in [1.29, 1.82) is 5.26 Å². The zero-order valence-corrected chi connectivity index (χ0v) is 10.3. The summed E-state index contributed by atoms with van der Waals surface area (Å²) >= 11 is 8.47. The molecule has 0 aliphatic rings. The molecule has 0 spiro atoms. The first-order chi connectivity index (χ1) is 6.24. The van der Waals surface area contributed by atoms with E-state index in [0.29, 0.717) is 0 Å². The maximum atomic E-state index is 8.86. The van der Waals surface area contributed by atoms with Crippen molar-refractivity contribution in [2.24, 2.45) is 0 Å². The van der Waals surface area contributed by atoms with Crippen molar-refractivity contribution in [2.75, 3.05) is 0 Å². The summed E-state index contributed by atoms with van der Waals surface area (Å²) in [5, 5.41) is 11.7. The Morgan fingerprint density at radius 1 is 1.23 bits per heavy atom. The molecule has 0 fully saturated rings. The van der Waals surface area contributed by atoms with Gasteiger partial charge >= 0.3 is 0 Å². The van der Waals surface area contributed by atoms with E-state index in [2.05, 4.69) is 37.9 Å². The van der Waals surface area contributed by atoms with Gasteiger partial charge in [0.1, 0.15) is 6.07 Å². The Bertz CT molecular complexity index is 510. The lowest BCUT2D eigenvalue weighted by atomic mass is 10.2. The minimum absolute atomic E-state index is 0.730. The summed E-state index contributed by atoms with van der Waals surface area (Å²) in [4.78, 5) is 0. The molecular formula is C9H3Br2NS. The molecule has 0 bridgehead atoms. The highest BCUT2D eigenvalue weighted by atomic mass is 79.9. The lowest BCUT2D eigenvalue weighted by Gasteiger charge is -1.96. The third kappa shape index (κ3) is 1.41. The van der Waals surface area contributed by atoms with E-state index in [9.17, 15) is 0 Å². The van der Waals surface area contributed by atoms with Crippen LogP contribution in [0.25, 0.3) is 10.1 Å². The third-order valence-electron chi connectivity index (χ3n) is 1.74. The summed E-state index contributed by atoms with van der Waals surface area (Å²) in [6.45, 7) is 0. The smallest absolute Gasteiger partial charge is 0.101 e. The zero-order valence-electron chi connectivity index (χ0n) is 6.34. The van der Waals surface area contributed by atoms with Crippen molar-refractivity contribution < 1.29 is 0 Å². The number of nitriles is 1. The molecule has 1 aromatic heterocycles. The van der Waals surface area contributed by atoms with Crippen LogP contribution in [0.5, 0.6) is 0 Å². The fourth-order valence-electron chi connectivity index (χ4n) is 1.16. The van der Waals surface area contributed by atoms with Crippen LogP contribution in [0.2, 0.25) is 0 Å². The highest BCUT2D eigenvalue weighted by Crippen LogP contribution is 2.36. The Balaban J connectivity index is 2.98. The summed E-state index contributed by atoms with van der Waals surface area (Å²) in [6.07, 6.45) is 0. The maximum Gasteiger partial charge on any atom is 0.101 e. The Labute approximate surface area is 96.2 Å². The fraction of sp³-hybridized carbons (Fsp3) is 0. The Hall–Kier alpha value is -0.370. The lowest BCUT2D eigenvalue weighted by molar-refractivity contribution is 1.51. The van der Waals surface area contributed by atoms with Gasteiger partial charge in [0.25, 0.3) is 0 Å². The van der Waals surface area contributed by atoms with Crippen molar-refractivity contribution in [3.8, 4) is 6.07 Å². The molecule has 4 heteroatoms. The van der Waals surface area contributed by atoms with Crippen LogP contribution in [0, 0.1) is 11.3 Å².